The summed E-state index contributed by atoms with van der Waals surface area (Å²) in [5.74, 6) is -1.03. The molecule has 0 aromatic heterocycles. The first-order valence-electron chi connectivity index (χ1n) is 5.74. The zero-order valence-corrected chi connectivity index (χ0v) is 11.3. The highest BCUT2D eigenvalue weighted by Crippen LogP contribution is 2.36. The minimum Gasteiger partial charge on any atom is -0.481 e. The number of carboxylic acid groups (broad SMARTS) is 1. The van der Waals surface area contributed by atoms with E-state index in [2.05, 4.69) is 0 Å². The highest BCUT2D eigenvalue weighted by Gasteiger charge is 2.40. The number of nitro groups is 1. The van der Waals surface area contributed by atoms with Crippen molar-refractivity contribution in [3.8, 4) is 0 Å². The number of carboxylic acids is 1. The summed E-state index contributed by atoms with van der Waals surface area (Å²) in [6.07, 6.45) is -0.908. The van der Waals surface area contributed by atoms with E-state index in [9.17, 15) is 14.9 Å². The second-order valence-electron chi connectivity index (χ2n) is 4.78. The number of halogens is 1. The van der Waals surface area contributed by atoms with Crippen molar-refractivity contribution in [1.29, 1.82) is 0 Å². The average molecular weight is 302 g/mol. The molecule has 7 nitrogen and oxygen atoms in total. The summed E-state index contributed by atoms with van der Waals surface area (Å²) >= 11 is 5.97. The lowest BCUT2D eigenvalue weighted by Crippen LogP contribution is -2.42. The van der Waals surface area contributed by atoms with Gasteiger partial charge in [-0.2, -0.15) is 0 Å². The third-order valence-corrected chi connectivity index (χ3v) is 3.41. The Bertz CT molecular complexity index is 553. The van der Waals surface area contributed by atoms with E-state index in [0.29, 0.717) is 5.56 Å². The molecule has 1 aromatic carbocycles. The number of nitrogens with zero attached hydrogens (tertiary/aromatic N) is 1. The molecule has 0 atom stereocenters. The summed E-state index contributed by atoms with van der Waals surface area (Å²) in [4.78, 5) is 21.2. The molecule has 8 heteroatoms. The Morgan fingerprint density at radius 1 is 1.50 bits per heavy atom. The lowest BCUT2D eigenvalue weighted by atomic mass is 9.92. The normalized spacial score (nSPS) is 26.2. The van der Waals surface area contributed by atoms with Gasteiger partial charge in [0, 0.05) is 22.7 Å². The fourth-order valence-corrected chi connectivity index (χ4v) is 1.94. The summed E-state index contributed by atoms with van der Waals surface area (Å²) in [5.41, 5.74) is -0.958. The molecule has 1 heterocycles. The van der Waals surface area contributed by atoms with E-state index in [1.54, 1.807) is 0 Å². The number of non-ortho nitro benzene ring substituents is 1. The maximum atomic E-state index is 11.1. The highest BCUT2D eigenvalue weighted by atomic mass is 35.5. The summed E-state index contributed by atoms with van der Waals surface area (Å²) in [5, 5.41) is 20.1. The van der Waals surface area contributed by atoms with Crippen LogP contribution in [0.4, 0.5) is 5.69 Å². The number of aliphatic carboxylic acids is 1. The minimum absolute atomic E-state index is 0.0635. The van der Waals surface area contributed by atoms with Crippen LogP contribution >= 0.6 is 11.6 Å². The largest absolute Gasteiger partial charge is 0.481 e. The molecule has 0 bridgehead atoms. The van der Waals surface area contributed by atoms with E-state index in [4.69, 9.17) is 26.2 Å². The first-order valence-corrected chi connectivity index (χ1v) is 6.12. The highest BCUT2D eigenvalue weighted by molar-refractivity contribution is 6.31. The van der Waals surface area contributed by atoms with Crippen LogP contribution in [0, 0.1) is 15.5 Å². The number of ether oxygens (including phenoxy) is 2. The molecule has 1 aromatic rings. The summed E-state index contributed by atoms with van der Waals surface area (Å²) in [6.45, 7) is 1.37. The van der Waals surface area contributed by atoms with Crippen molar-refractivity contribution >= 4 is 23.3 Å². The van der Waals surface area contributed by atoms with Crippen LogP contribution in [0.25, 0.3) is 0 Å². The number of hydrogen-bond donors (Lipinski definition) is 1. The molecular weight excluding hydrogens is 290 g/mol. The predicted octanol–water partition coefficient (Wildman–Crippen LogP) is 2.38. The molecule has 1 N–H and O–H groups in total. The van der Waals surface area contributed by atoms with Gasteiger partial charge in [-0.15, -0.1) is 0 Å². The molecule has 1 fully saturated rings. The molecule has 0 radical (unpaired) electrons. The molecule has 0 spiro atoms. The number of rotatable bonds is 3. The average Bonchev–Trinajstić information content (AvgIpc) is 2.40. The van der Waals surface area contributed by atoms with Gasteiger partial charge in [-0.05, 0) is 13.0 Å². The number of carbonyl (C=O) groups is 1. The van der Waals surface area contributed by atoms with Crippen LogP contribution in [0.3, 0.4) is 0 Å². The Morgan fingerprint density at radius 2 is 2.10 bits per heavy atom. The van der Waals surface area contributed by atoms with Crippen LogP contribution in [0.1, 0.15) is 18.8 Å². The third kappa shape index (κ3) is 2.74. The molecule has 1 saturated heterocycles. The SMILES string of the molecule is CC1(C(=O)O)COC(c2cc([N+](=O)[O-])ccc2Cl)OC1. The van der Waals surface area contributed by atoms with Gasteiger partial charge in [0.05, 0.1) is 18.1 Å². The van der Waals surface area contributed by atoms with Gasteiger partial charge in [-0.3, -0.25) is 14.9 Å². The lowest BCUT2D eigenvalue weighted by molar-refractivity contribution is -0.385. The topological polar surface area (TPSA) is 98.9 Å². The minimum atomic E-state index is -1.14. The Labute approximate surface area is 119 Å². The summed E-state index contributed by atoms with van der Waals surface area (Å²) in [6, 6.07) is 3.92. The lowest BCUT2D eigenvalue weighted by Gasteiger charge is -2.34. The fourth-order valence-electron chi connectivity index (χ4n) is 1.74. The maximum Gasteiger partial charge on any atom is 0.314 e. The predicted molar refractivity (Wildman–Crippen MR) is 68.5 cm³/mol. The molecule has 0 unspecified atom stereocenters. The van der Waals surface area contributed by atoms with Crippen molar-refractivity contribution in [3.63, 3.8) is 0 Å². The Balaban J connectivity index is 2.20. The maximum absolute atomic E-state index is 11.1. The molecule has 2 rings (SSSR count). The Kier molecular flexibility index (Phi) is 3.94. The van der Waals surface area contributed by atoms with Crippen molar-refractivity contribution in [1.82, 2.24) is 0 Å². The van der Waals surface area contributed by atoms with Gasteiger partial charge in [0.15, 0.2) is 6.29 Å². The molecule has 0 aliphatic carbocycles. The van der Waals surface area contributed by atoms with Crippen LogP contribution in [0.5, 0.6) is 0 Å². The van der Waals surface area contributed by atoms with Crippen LogP contribution in [-0.4, -0.2) is 29.2 Å². The van der Waals surface area contributed by atoms with Crippen LogP contribution < -0.4 is 0 Å². The first-order chi connectivity index (χ1) is 9.33. The molecule has 108 valence electrons. The number of nitro benzene ring substituents is 1. The van der Waals surface area contributed by atoms with Gasteiger partial charge in [-0.25, -0.2) is 0 Å². The van der Waals surface area contributed by atoms with Crippen LogP contribution in [-0.2, 0) is 14.3 Å². The van der Waals surface area contributed by atoms with Gasteiger partial charge in [-0.1, -0.05) is 11.6 Å². The summed E-state index contributed by atoms with van der Waals surface area (Å²) < 4.78 is 10.7. The van der Waals surface area contributed by atoms with E-state index in [1.165, 1.54) is 25.1 Å². The molecule has 0 saturated carbocycles. The second-order valence-corrected chi connectivity index (χ2v) is 5.19. The van der Waals surface area contributed by atoms with Crippen molar-refractivity contribution in [3.05, 3.63) is 38.9 Å². The van der Waals surface area contributed by atoms with Gasteiger partial charge in [0.1, 0.15) is 5.41 Å². The third-order valence-electron chi connectivity index (χ3n) is 3.07. The van der Waals surface area contributed by atoms with E-state index in [0.717, 1.165) is 0 Å². The van der Waals surface area contributed by atoms with Gasteiger partial charge in [0.25, 0.3) is 5.69 Å². The van der Waals surface area contributed by atoms with Crippen LogP contribution in [0.2, 0.25) is 5.02 Å². The Morgan fingerprint density at radius 3 is 2.60 bits per heavy atom. The van der Waals surface area contributed by atoms with E-state index >= 15 is 0 Å². The molecule has 1 aliphatic heterocycles. The van der Waals surface area contributed by atoms with Crippen molar-refractivity contribution in [2.45, 2.75) is 13.2 Å². The van der Waals surface area contributed by atoms with Crippen molar-refractivity contribution in [2.75, 3.05) is 13.2 Å². The van der Waals surface area contributed by atoms with Gasteiger partial charge in [0.2, 0.25) is 0 Å². The summed E-state index contributed by atoms with van der Waals surface area (Å²) in [7, 11) is 0. The smallest absolute Gasteiger partial charge is 0.314 e. The standard InChI is InChI=1S/C12H12ClNO6/c1-12(11(15)16)5-19-10(20-6-12)8-4-7(14(17)18)2-3-9(8)13/h2-4,10H,5-6H2,1H3,(H,15,16). The van der Waals surface area contributed by atoms with Crippen molar-refractivity contribution in [2.24, 2.45) is 5.41 Å². The zero-order valence-electron chi connectivity index (χ0n) is 10.5. The second kappa shape index (κ2) is 5.35. The number of benzene rings is 1. The monoisotopic (exact) mass is 301 g/mol. The van der Waals surface area contributed by atoms with Crippen LogP contribution in [0.15, 0.2) is 18.2 Å². The quantitative estimate of drug-likeness (QED) is 0.679. The number of hydrogen-bond acceptors (Lipinski definition) is 5. The van der Waals surface area contributed by atoms with E-state index in [1.807, 2.05) is 0 Å². The van der Waals surface area contributed by atoms with Gasteiger partial charge >= 0.3 is 5.97 Å². The van der Waals surface area contributed by atoms with E-state index < -0.39 is 22.6 Å². The molecular formula is C12H12ClNO6. The molecule has 1 aliphatic rings. The molecule has 20 heavy (non-hydrogen) atoms. The van der Waals surface area contributed by atoms with Crippen molar-refractivity contribution < 1.29 is 24.3 Å². The fraction of sp³-hybridized carbons (Fsp3) is 0.417. The zero-order chi connectivity index (χ0) is 14.9. The molecule has 0 amide bonds. The van der Waals surface area contributed by atoms with Gasteiger partial charge < -0.3 is 14.6 Å². The Hall–Kier alpha value is -1.70. The first kappa shape index (κ1) is 14.7. The van der Waals surface area contributed by atoms with E-state index in [-0.39, 0.29) is 23.9 Å².